The number of rotatable bonds is 4. The molecule has 3 heterocycles. The Balaban J connectivity index is 1.93. The fraction of sp³-hybridized carbons (Fsp3) is 0.105. The predicted octanol–water partition coefficient (Wildman–Crippen LogP) is 3.22. The smallest absolute Gasteiger partial charge is 0.267 e. The molecule has 4 aromatic rings. The minimum Gasteiger partial charge on any atom is -0.382 e. The standard InChI is InChI=1S/C19H16Cl2N8O/c1-9(25-16-14(21)15(22)27-19(23)28-16)17-26-12-6-2-5-11(20)13(12)18(30)29(17)10-4-3-7-24-8-10/h2-9H,1H3,(H5,22,23,25,27,28). The first-order valence-corrected chi connectivity index (χ1v) is 9.59. The zero-order valence-corrected chi connectivity index (χ0v) is 17.2. The van der Waals surface area contributed by atoms with Crippen LogP contribution in [0, 0.1) is 0 Å². The number of nitrogens with one attached hydrogen (secondary N) is 1. The number of anilines is 3. The average molecular weight is 443 g/mol. The molecule has 0 fully saturated rings. The summed E-state index contributed by atoms with van der Waals surface area (Å²) in [6.07, 6.45) is 3.18. The predicted molar refractivity (Wildman–Crippen MR) is 118 cm³/mol. The van der Waals surface area contributed by atoms with Gasteiger partial charge in [-0.15, -0.1) is 0 Å². The normalized spacial score (nSPS) is 12.1. The van der Waals surface area contributed by atoms with Crippen molar-refractivity contribution in [3.8, 4) is 5.69 Å². The number of benzene rings is 1. The van der Waals surface area contributed by atoms with Crippen LogP contribution in [-0.4, -0.2) is 24.5 Å². The lowest BCUT2D eigenvalue weighted by atomic mass is 10.2. The molecule has 1 unspecified atom stereocenters. The highest BCUT2D eigenvalue weighted by molar-refractivity contribution is 6.35. The molecule has 0 radical (unpaired) electrons. The molecule has 1 aromatic carbocycles. The minimum absolute atomic E-state index is 0.0329. The lowest BCUT2D eigenvalue weighted by Crippen LogP contribution is -2.27. The van der Waals surface area contributed by atoms with Gasteiger partial charge in [0.1, 0.15) is 16.7 Å². The Bertz CT molecular complexity index is 1310. The van der Waals surface area contributed by atoms with Crippen molar-refractivity contribution in [1.82, 2.24) is 24.5 Å². The zero-order valence-electron chi connectivity index (χ0n) is 15.7. The highest BCUT2D eigenvalue weighted by Gasteiger charge is 2.21. The number of hydrogen-bond acceptors (Lipinski definition) is 8. The van der Waals surface area contributed by atoms with E-state index in [1.165, 1.54) is 4.57 Å². The molecule has 0 spiro atoms. The summed E-state index contributed by atoms with van der Waals surface area (Å²) in [5, 5.41) is 3.85. The average Bonchev–Trinajstić information content (AvgIpc) is 2.72. The molecular weight excluding hydrogens is 427 g/mol. The Hall–Kier alpha value is -3.43. The lowest BCUT2D eigenvalue weighted by molar-refractivity contribution is 0.730. The summed E-state index contributed by atoms with van der Waals surface area (Å²) in [5.41, 5.74) is 12.1. The number of nitrogen functional groups attached to an aromatic ring is 2. The largest absolute Gasteiger partial charge is 0.382 e. The molecule has 4 rings (SSSR count). The third-order valence-electron chi connectivity index (χ3n) is 4.41. The quantitative estimate of drug-likeness (QED) is 0.437. The Morgan fingerprint density at radius 2 is 1.90 bits per heavy atom. The summed E-state index contributed by atoms with van der Waals surface area (Å²) in [6.45, 7) is 1.80. The van der Waals surface area contributed by atoms with Gasteiger partial charge in [0.15, 0.2) is 5.82 Å². The number of halogens is 2. The number of pyridine rings is 1. The van der Waals surface area contributed by atoms with Crippen molar-refractivity contribution in [2.45, 2.75) is 13.0 Å². The van der Waals surface area contributed by atoms with E-state index in [2.05, 4.69) is 25.3 Å². The maximum Gasteiger partial charge on any atom is 0.267 e. The van der Waals surface area contributed by atoms with E-state index in [1.54, 1.807) is 49.6 Å². The van der Waals surface area contributed by atoms with E-state index in [0.717, 1.165) is 0 Å². The first-order valence-electron chi connectivity index (χ1n) is 8.83. The molecule has 0 amide bonds. The van der Waals surface area contributed by atoms with E-state index in [0.29, 0.717) is 27.4 Å². The molecule has 3 aromatic heterocycles. The van der Waals surface area contributed by atoms with Crippen molar-refractivity contribution >= 4 is 51.7 Å². The number of hydrogen-bond donors (Lipinski definition) is 3. The van der Waals surface area contributed by atoms with Crippen molar-refractivity contribution in [3.63, 3.8) is 0 Å². The maximum atomic E-state index is 13.4. The first kappa shape index (κ1) is 19.9. The number of nitrogens with two attached hydrogens (primary N) is 2. The molecular formula is C19H16Cl2N8O. The van der Waals surface area contributed by atoms with Crippen LogP contribution in [-0.2, 0) is 0 Å². The van der Waals surface area contributed by atoms with Gasteiger partial charge in [0.05, 0.1) is 33.9 Å². The van der Waals surface area contributed by atoms with Gasteiger partial charge in [0, 0.05) is 6.20 Å². The Kier molecular flexibility index (Phi) is 5.15. The Morgan fingerprint density at radius 3 is 2.63 bits per heavy atom. The van der Waals surface area contributed by atoms with Crippen LogP contribution < -0.4 is 22.3 Å². The van der Waals surface area contributed by atoms with E-state index >= 15 is 0 Å². The van der Waals surface area contributed by atoms with Gasteiger partial charge in [0.25, 0.3) is 5.56 Å². The SMILES string of the molecule is CC(Nc1nc(N)nc(N)c1Cl)c1nc2cccc(Cl)c2c(=O)n1-c1cccnc1. The van der Waals surface area contributed by atoms with Crippen molar-refractivity contribution in [2.24, 2.45) is 0 Å². The van der Waals surface area contributed by atoms with Gasteiger partial charge < -0.3 is 16.8 Å². The second kappa shape index (κ2) is 7.77. The molecule has 5 N–H and O–H groups in total. The monoisotopic (exact) mass is 442 g/mol. The van der Waals surface area contributed by atoms with Gasteiger partial charge in [-0.25, -0.2) is 4.98 Å². The van der Waals surface area contributed by atoms with Crippen LogP contribution in [0.1, 0.15) is 18.8 Å². The first-order chi connectivity index (χ1) is 14.4. The minimum atomic E-state index is -0.521. The molecule has 0 bridgehead atoms. The van der Waals surface area contributed by atoms with Crippen LogP contribution in [0.3, 0.4) is 0 Å². The third-order valence-corrected chi connectivity index (χ3v) is 5.10. The number of aromatic nitrogens is 5. The van der Waals surface area contributed by atoms with Crippen molar-refractivity contribution in [2.75, 3.05) is 16.8 Å². The summed E-state index contributed by atoms with van der Waals surface area (Å²) in [4.78, 5) is 30.1. The summed E-state index contributed by atoms with van der Waals surface area (Å²) in [7, 11) is 0. The summed E-state index contributed by atoms with van der Waals surface area (Å²) in [5.74, 6) is 0.637. The zero-order chi connectivity index (χ0) is 21.4. The molecule has 0 saturated heterocycles. The van der Waals surface area contributed by atoms with Crippen molar-refractivity contribution in [3.05, 3.63) is 68.9 Å². The van der Waals surface area contributed by atoms with Crippen molar-refractivity contribution in [1.29, 1.82) is 0 Å². The second-order valence-corrected chi connectivity index (χ2v) is 7.24. The highest BCUT2D eigenvalue weighted by atomic mass is 35.5. The van der Waals surface area contributed by atoms with E-state index < -0.39 is 6.04 Å². The highest BCUT2D eigenvalue weighted by Crippen LogP contribution is 2.29. The van der Waals surface area contributed by atoms with E-state index in [1.807, 2.05) is 0 Å². The van der Waals surface area contributed by atoms with E-state index in [4.69, 9.17) is 34.7 Å². The maximum absolute atomic E-state index is 13.4. The van der Waals surface area contributed by atoms with Gasteiger partial charge in [0.2, 0.25) is 5.95 Å². The van der Waals surface area contributed by atoms with Gasteiger partial charge in [-0.2, -0.15) is 9.97 Å². The fourth-order valence-electron chi connectivity index (χ4n) is 3.08. The lowest BCUT2D eigenvalue weighted by Gasteiger charge is -2.20. The van der Waals surface area contributed by atoms with Gasteiger partial charge >= 0.3 is 0 Å². The molecule has 1 atom stereocenters. The van der Waals surface area contributed by atoms with Crippen LogP contribution in [0.2, 0.25) is 10.0 Å². The molecule has 152 valence electrons. The van der Waals surface area contributed by atoms with Crippen LogP contribution in [0.15, 0.2) is 47.5 Å². The third kappa shape index (κ3) is 3.49. The summed E-state index contributed by atoms with van der Waals surface area (Å²) < 4.78 is 1.45. The molecule has 0 aliphatic rings. The van der Waals surface area contributed by atoms with Gasteiger partial charge in [-0.1, -0.05) is 29.3 Å². The van der Waals surface area contributed by atoms with Crippen molar-refractivity contribution < 1.29 is 0 Å². The van der Waals surface area contributed by atoms with E-state index in [9.17, 15) is 4.79 Å². The Labute approximate surface area is 180 Å². The Morgan fingerprint density at radius 1 is 1.10 bits per heavy atom. The summed E-state index contributed by atoms with van der Waals surface area (Å²) >= 11 is 12.5. The summed E-state index contributed by atoms with van der Waals surface area (Å²) in [6, 6.07) is 8.06. The fourth-order valence-corrected chi connectivity index (χ4v) is 3.47. The second-order valence-electron chi connectivity index (χ2n) is 6.45. The van der Waals surface area contributed by atoms with Gasteiger partial charge in [-0.05, 0) is 31.2 Å². The number of nitrogens with zero attached hydrogens (tertiary/aromatic N) is 5. The topological polar surface area (TPSA) is 138 Å². The van der Waals surface area contributed by atoms with Crippen LogP contribution in [0.25, 0.3) is 16.6 Å². The van der Waals surface area contributed by atoms with E-state index in [-0.39, 0.29) is 28.2 Å². The van der Waals surface area contributed by atoms with Crippen LogP contribution in [0.4, 0.5) is 17.6 Å². The molecule has 30 heavy (non-hydrogen) atoms. The molecule has 9 nitrogen and oxygen atoms in total. The van der Waals surface area contributed by atoms with Gasteiger partial charge in [-0.3, -0.25) is 14.3 Å². The molecule has 0 aliphatic heterocycles. The van der Waals surface area contributed by atoms with Crippen LogP contribution in [0.5, 0.6) is 0 Å². The molecule has 0 aliphatic carbocycles. The van der Waals surface area contributed by atoms with Crippen LogP contribution >= 0.6 is 23.2 Å². The number of fused-ring (bicyclic) bond motifs is 1. The molecule has 11 heteroatoms. The molecule has 0 saturated carbocycles.